The van der Waals surface area contributed by atoms with Gasteiger partial charge in [0.25, 0.3) is 0 Å². The van der Waals surface area contributed by atoms with Crippen LogP contribution in [0.25, 0.3) is 5.57 Å². The number of hydrogen-bond donors (Lipinski definition) is 1. The first kappa shape index (κ1) is 19.3. The van der Waals surface area contributed by atoms with E-state index < -0.39 is 0 Å². The minimum Gasteiger partial charge on any atom is -0.340 e. The molecule has 29 heavy (non-hydrogen) atoms. The van der Waals surface area contributed by atoms with Crippen molar-refractivity contribution in [2.75, 3.05) is 23.8 Å². The van der Waals surface area contributed by atoms with Crippen LogP contribution in [0.2, 0.25) is 0 Å². The lowest BCUT2D eigenvalue weighted by Gasteiger charge is -2.10. The standard InChI is InChI=1S/C22H29N7/c1-5-17(8-11-20-25-22(26-27(20)4)28-12-6-7-13-28)14-19(18-9-10-18)21-24-15(2)16(3)29(21)23/h5,14,17-18H,1,6-7,9-10,12-13,23H2,2-4H3/b19-14-. The summed E-state index contributed by atoms with van der Waals surface area (Å²) in [6.45, 7) is 10.00. The Hall–Kier alpha value is -3.01. The molecule has 7 heteroatoms. The second-order valence-electron chi connectivity index (χ2n) is 7.96. The first-order valence-electron chi connectivity index (χ1n) is 10.3. The molecule has 7 nitrogen and oxygen atoms in total. The zero-order chi connectivity index (χ0) is 20.5. The molecule has 0 bridgehead atoms. The van der Waals surface area contributed by atoms with E-state index in [4.69, 9.17) is 10.8 Å². The summed E-state index contributed by atoms with van der Waals surface area (Å²) in [5.74, 6) is 15.4. The van der Waals surface area contributed by atoms with Crippen molar-refractivity contribution in [3.05, 3.63) is 41.8 Å². The first-order valence-corrected chi connectivity index (χ1v) is 10.3. The van der Waals surface area contributed by atoms with Gasteiger partial charge in [0.2, 0.25) is 11.8 Å². The SMILES string of the molecule is C=CC(C#Cc1nc(N2CCCC2)nn1C)/C=C(\c1nc(C)c(C)n1N)C1CC1. The molecule has 0 radical (unpaired) electrons. The monoisotopic (exact) mass is 391 g/mol. The molecule has 2 N–H and O–H groups in total. The molecular weight excluding hydrogens is 362 g/mol. The molecule has 152 valence electrons. The largest absolute Gasteiger partial charge is 0.340 e. The summed E-state index contributed by atoms with van der Waals surface area (Å²) in [6, 6.07) is 0. The maximum absolute atomic E-state index is 6.26. The third kappa shape index (κ3) is 3.93. The van der Waals surface area contributed by atoms with Crippen LogP contribution in [0.5, 0.6) is 0 Å². The van der Waals surface area contributed by atoms with E-state index in [0.717, 1.165) is 49.1 Å². The average Bonchev–Trinajstić information content (AvgIpc) is 3.16. The van der Waals surface area contributed by atoms with E-state index in [-0.39, 0.29) is 5.92 Å². The zero-order valence-corrected chi connectivity index (χ0v) is 17.5. The molecule has 1 saturated heterocycles. The van der Waals surface area contributed by atoms with Gasteiger partial charge in [0.15, 0.2) is 5.82 Å². The van der Waals surface area contributed by atoms with Gasteiger partial charge in [-0.1, -0.05) is 18.1 Å². The molecule has 1 saturated carbocycles. The van der Waals surface area contributed by atoms with E-state index in [2.05, 4.69) is 39.5 Å². The minimum atomic E-state index is -0.102. The maximum Gasteiger partial charge on any atom is 0.245 e. The van der Waals surface area contributed by atoms with Crippen molar-refractivity contribution in [1.29, 1.82) is 0 Å². The second-order valence-corrected chi connectivity index (χ2v) is 7.96. The number of anilines is 1. The molecule has 3 heterocycles. The number of aromatic nitrogens is 5. The Balaban J connectivity index is 1.61. The summed E-state index contributed by atoms with van der Waals surface area (Å²) < 4.78 is 3.45. The van der Waals surface area contributed by atoms with Crippen molar-refractivity contribution in [2.24, 2.45) is 18.9 Å². The molecule has 4 rings (SSSR count). The normalized spacial score (nSPS) is 17.9. The van der Waals surface area contributed by atoms with E-state index in [1.807, 2.05) is 27.0 Å². The Bertz CT molecular complexity index is 1000. The lowest BCUT2D eigenvalue weighted by Crippen LogP contribution is -2.19. The number of nitrogens with two attached hydrogens (primary N) is 1. The number of nitrogens with zero attached hydrogens (tertiary/aromatic N) is 6. The fourth-order valence-electron chi connectivity index (χ4n) is 3.66. The van der Waals surface area contributed by atoms with E-state index in [1.165, 1.54) is 18.4 Å². The number of allylic oxidation sites excluding steroid dienone is 3. The molecule has 1 aliphatic carbocycles. The highest BCUT2D eigenvalue weighted by atomic mass is 15.4. The Labute approximate surface area is 172 Å². The molecule has 1 aliphatic heterocycles. The smallest absolute Gasteiger partial charge is 0.245 e. The third-order valence-corrected chi connectivity index (χ3v) is 5.77. The molecule has 1 unspecified atom stereocenters. The molecule has 2 aliphatic rings. The van der Waals surface area contributed by atoms with Gasteiger partial charge in [0.05, 0.1) is 17.3 Å². The van der Waals surface area contributed by atoms with Gasteiger partial charge < -0.3 is 10.7 Å². The fraction of sp³-hybridized carbons (Fsp3) is 0.500. The van der Waals surface area contributed by atoms with Crippen LogP contribution in [-0.4, -0.2) is 37.5 Å². The molecule has 2 aromatic heterocycles. The average molecular weight is 392 g/mol. The number of aryl methyl sites for hydroxylation is 2. The second kappa shape index (κ2) is 7.78. The van der Waals surface area contributed by atoms with E-state index in [1.54, 1.807) is 9.36 Å². The Kier molecular flexibility index (Phi) is 5.18. The highest BCUT2D eigenvalue weighted by Crippen LogP contribution is 2.42. The lowest BCUT2D eigenvalue weighted by atomic mass is 10.0. The van der Waals surface area contributed by atoms with Gasteiger partial charge in [-0.2, -0.15) is 4.98 Å². The highest BCUT2D eigenvalue weighted by molar-refractivity contribution is 5.66. The molecule has 0 amide bonds. The summed E-state index contributed by atoms with van der Waals surface area (Å²) >= 11 is 0. The third-order valence-electron chi connectivity index (χ3n) is 5.77. The van der Waals surface area contributed by atoms with Crippen LogP contribution in [-0.2, 0) is 7.05 Å². The summed E-state index contributed by atoms with van der Waals surface area (Å²) in [4.78, 5) is 11.5. The van der Waals surface area contributed by atoms with E-state index in [9.17, 15) is 0 Å². The van der Waals surface area contributed by atoms with Gasteiger partial charge in [0, 0.05) is 20.1 Å². The van der Waals surface area contributed by atoms with E-state index in [0.29, 0.717) is 11.7 Å². The van der Waals surface area contributed by atoms with Crippen LogP contribution in [0.3, 0.4) is 0 Å². The molecule has 2 aromatic rings. The predicted octanol–water partition coefficient (Wildman–Crippen LogP) is 2.59. The van der Waals surface area contributed by atoms with E-state index >= 15 is 0 Å². The van der Waals surface area contributed by atoms with Crippen molar-refractivity contribution >= 4 is 11.5 Å². The first-order chi connectivity index (χ1) is 14.0. The molecule has 0 aromatic carbocycles. The van der Waals surface area contributed by atoms with Crippen molar-refractivity contribution < 1.29 is 0 Å². The van der Waals surface area contributed by atoms with Crippen LogP contribution >= 0.6 is 0 Å². The maximum atomic E-state index is 6.26. The van der Waals surface area contributed by atoms with Gasteiger partial charge in [-0.3, -0.25) is 0 Å². The topological polar surface area (TPSA) is 77.8 Å². The van der Waals surface area contributed by atoms with Gasteiger partial charge >= 0.3 is 0 Å². The number of rotatable bonds is 5. The minimum absolute atomic E-state index is 0.102. The van der Waals surface area contributed by atoms with Crippen LogP contribution in [0, 0.1) is 37.5 Å². The summed E-state index contributed by atoms with van der Waals surface area (Å²) in [5, 5.41) is 4.53. The summed E-state index contributed by atoms with van der Waals surface area (Å²) in [6.07, 6.45) is 8.73. The van der Waals surface area contributed by atoms with Gasteiger partial charge in [0.1, 0.15) is 0 Å². The van der Waals surface area contributed by atoms with Gasteiger partial charge in [-0.25, -0.2) is 14.3 Å². The number of imidazole rings is 1. The van der Waals surface area contributed by atoms with Gasteiger partial charge in [-0.15, -0.1) is 11.7 Å². The zero-order valence-electron chi connectivity index (χ0n) is 17.5. The Morgan fingerprint density at radius 1 is 1.24 bits per heavy atom. The van der Waals surface area contributed by atoms with Crippen LogP contribution in [0.4, 0.5) is 5.95 Å². The lowest BCUT2D eigenvalue weighted by molar-refractivity contribution is 0.745. The van der Waals surface area contributed by atoms with Crippen LogP contribution < -0.4 is 10.7 Å². The number of hydrogen-bond acceptors (Lipinski definition) is 5. The van der Waals surface area contributed by atoms with Gasteiger partial charge in [-0.05, 0) is 56.9 Å². The molecule has 2 fully saturated rings. The van der Waals surface area contributed by atoms with Crippen molar-refractivity contribution in [3.8, 4) is 11.8 Å². The fourth-order valence-corrected chi connectivity index (χ4v) is 3.66. The van der Waals surface area contributed by atoms with Crippen molar-refractivity contribution in [2.45, 2.75) is 39.5 Å². The highest BCUT2D eigenvalue weighted by Gasteiger charge is 2.30. The molecule has 1 atom stereocenters. The molecule has 0 spiro atoms. The van der Waals surface area contributed by atoms with Crippen molar-refractivity contribution in [3.63, 3.8) is 0 Å². The molecular formula is C22H29N7. The summed E-state index contributed by atoms with van der Waals surface area (Å²) in [5.41, 5.74) is 3.11. The van der Waals surface area contributed by atoms with Crippen LogP contribution in [0.15, 0.2) is 18.7 Å². The summed E-state index contributed by atoms with van der Waals surface area (Å²) in [7, 11) is 1.89. The Morgan fingerprint density at radius 3 is 2.55 bits per heavy atom. The quantitative estimate of drug-likeness (QED) is 0.482. The van der Waals surface area contributed by atoms with Crippen LogP contribution in [0.1, 0.15) is 48.7 Å². The predicted molar refractivity (Wildman–Crippen MR) is 116 cm³/mol. The van der Waals surface area contributed by atoms with Crippen molar-refractivity contribution in [1.82, 2.24) is 24.4 Å². The Morgan fingerprint density at radius 2 is 1.97 bits per heavy atom. The number of nitrogen functional groups attached to an aromatic ring is 1.